The SMILES string of the molecule is Cc1nnc(NC(=O)CN[C@@H](C)C(=O)O)o1. The van der Waals surface area contributed by atoms with Crippen LogP contribution in [0.3, 0.4) is 0 Å². The van der Waals surface area contributed by atoms with Crippen molar-refractivity contribution in [3.05, 3.63) is 5.89 Å². The van der Waals surface area contributed by atoms with Crippen LogP contribution >= 0.6 is 0 Å². The standard InChI is InChI=1S/C8H12N4O4/c1-4(7(14)15)9-3-6(13)10-8-12-11-5(2)16-8/h4,9H,3H2,1-2H3,(H,14,15)(H,10,12,13)/t4-/m0/s1. The van der Waals surface area contributed by atoms with Gasteiger partial charge in [-0.25, -0.2) is 0 Å². The number of aromatic nitrogens is 2. The molecule has 1 aromatic rings. The number of carboxylic acids is 1. The van der Waals surface area contributed by atoms with E-state index in [2.05, 4.69) is 20.8 Å². The maximum atomic E-state index is 11.3. The Balaban J connectivity index is 2.34. The zero-order valence-electron chi connectivity index (χ0n) is 8.85. The van der Waals surface area contributed by atoms with Crippen LogP contribution in [0.1, 0.15) is 12.8 Å². The highest BCUT2D eigenvalue weighted by Gasteiger charge is 2.13. The van der Waals surface area contributed by atoms with Crippen LogP contribution in [0.2, 0.25) is 0 Å². The van der Waals surface area contributed by atoms with E-state index >= 15 is 0 Å². The van der Waals surface area contributed by atoms with Gasteiger partial charge in [-0.2, -0.15) is 0 Å². The average Bonchev–Trinajstić information content (AvgIpc) is 2.60. The van der Waals surface area contributed by atoms with Gasteiger partial charge >= 0.3 is 12.0 Å². The number of nitrogens with zero attached hydrogens (tertiary/aromatic N) is 2. The number of aliphatic carboxylic acids is 1. The van der Waals surface area contributed by atoms with Crippen molar-refractivity contribution in [1.82, 2.24) is 15.5 Å². The molecular weight excluding hydrogens is 216 g/mol. The summed E-state index contributed by atoms with van der Waals surface area (Å²) in [6.07, 6.45) is 0. The van der Waals surface area contributed by atoms with Gasteiger partial charge in [0, 0.05) is 6.92 Å². The second-order valence-corrected chi connectivity index (χ2v) is 3.12. The number of aryl methyl sites for hydroxylation is 1. The summed E-state index contributed by atoms with van der Waals surface area (Å²) in [5, 5.41) is 20.5. The molecule has 1 aromatic heterocycles. The minimum absolute atomic E-state index is 0.00715. The van der Waals surface area contributed by atoms with Crippen LogP contribution in [0.15, 0.2) is 4.42 Å². The van der Waals surface area contributed by atoms with Gasteiger partial charge in [-0.05, 0) is 6.92 Å². The molecular formula is C8H12N4O4. The predicted octanol–water partition coefficient (Wildman–Crippen LogP) is -0.621. The van der Waals surface area contributed by atoms with E-state index in [1.165, 1.54) is 6.92 Å². The molecule has 0 spiro atoms. The molecule has 0 unspecified atom stereocenters. The van der Waals surface area contributed by atoms with Crippen molar-refractivity contribution in [2.45, 2.75) is 19.9 Å². The van der Waals surface area contributed by atoms with E-state index in [1.807, 2.05) is 0 Å². The lowest BCUT2D eigenvalue weighted by atomic mass is 10.3. The number of amides is 1. The lowest BCUT2D eigenvalue weighted by molar-refractivity contribution is -0.139. The van der Waals surface area contributed by atoms with Gasteiger partial charge in [0.2, 0.25) is 11.8 Å². The highest BCUT2D eigenvalue weighted by Crippen LogP contribution is 2.02. The summed E-state index contributed by atoms with van der Waals surface area (Å²) < 4.78 is 4.91. The number of carbonyl (C=O) groups excluding carboxylic acids is 1. The molecule has 0 aliphatic rings. The van der Waals surface area contributed by atoms with Gasteiger partial charge in [0.1, 0.15) is 6.04 Å². The summed E-state index contributed by atoms with van der Waals surface area (Å²) in [6, 6.07) is -0.803. The maximum absolute atomic E-state index is 11.3. The summed E-state index contributed by atoms with van der Waals surface area (Å²) in [5.74, 6) is -1.14. The summed E-state index contributed by atoms with van der Waals surface area (Å²) in [7, 11) is 0. The molecule has 88 valence electrons. The van der Waals surface area contributed by atoms with Crippen molar-refractivity contribution >= 4 is 17.9 Å². The highest BCUT2D eigenvalue weighted by molar-refractivity contribution is 5.90. The third kappa shape index (κ3) is 3.65. The molecule has 0 radical (unpaired) electrons. The minimum atomic E-state index is -1.03. The Labute approximate surface area is 91.0 Å². The van der Waals surface area contributed by atoms with Crippen molar-refractivity contribution in [3.63, 3.8) is 0 Å². The molecule has 1 rings (SSSR count). The number of anilines is 1. The molecule has 1 heterocycles. The number of nitrogens with one attached hydrogen (secondary N) is 2. The lowest BCUT2D eigenvalue weighted by Crippen LogP contribution is -2.39. The number of hydrogen-bond donors (Lipinski definition) is 3. The first kappa shape index (κ1) is 12.1. The molecule has 0 saturated heterocycles. The molecule has 0 fully saturated rings. The molecule has 8 heteroatoms. The fourth-order valence-electron chi connectivity index (χ4n) is 0.844. The summed E-state index contributed by atoms with van der Waals surface area (Å²) in [4.78, 5) is 21.7. The maximum Gasteiger partial charge on any atom is 0.322 e. The largest absolute Gasteiger partial charge is 0.480 e. The molecule has 0 saturated carbocycles. The first-order chi connectivity index (χ1) is 7.49. The molecule has 0 aliphatic heterocycles. The Morgan fingerprint density at radius 1 is 1.50 bits per heavy atom. The van der Waals surface area contributed by atoms with Gasteiger partial charge in [0.15, 0.2) is 0 Å². The van der Waals surface area contributed by atoms with Crippen LogP contribution in [0.4, 0.5) is 6.01 Å². The molecule has 0 aromatic carbocycles. The van der Waals surface area contributed by atoms with E-state index in [0.29, 0.717) is 5.89 Å². The molecule has 0 aliphatic carbocycles. The van der Waals surface area contributed by atoms with Gasteiger partial charge in [0.05, 0.1) is 6.54 Å². The number of carbonyl (C=O) groups is 2. The monoisotopic (exact) mass is 228 g/mol. The van der Waals surface area contributed by atoms with Crippen LogP contribution in [0.5, 0.6) is 0 Å². The fourth-order valence-corrected chi connectivity index (χ4v) is 0.844. The van der Waals surface area contributed by atoms with Crippen molar-refractivity contribution in [2.24, 2.45) is 0 Å². The molecule has 16 heavy (non-hydrogen) atoms. The van der Waals surface area contributed by atoms with Crippen molar-refractivity contribution < 1.29 is 19.1 Å². The highest BCUT2D eigenvalue weighted by atomic mass is 16.4. The molecule has 8 nitrogen and oxygen atoms in total. The van der Waals surface area contributed by atoms with E-state index in [4.69, 9.17) is 9.52 Å². The van der Waals surface area contributed by atoms with E-state index < -0.39 is 17.9 Å². The number of carboxylic acid groups (broad SMARTS) is 1. The van der Waals surface area contributed by atoms with Crippen LogP contribution in [0, 0.1) is 6.92 Å². The third-order valence-electron chi connectivity index (χ3n) is 1.71. The molecule has 0 bridgehead atoms. The predicted molar refractivity (Wildman–Crippen MR) is 52.8 cm³/mol. The van der Waals surface area contributed by atoms with Gasteiger partial charge in [-0.15, -0.1) is 5.10 Å². The van der Waals surface area contributed by atoms with Gasteiger partial charge < -0.3 is 9.52 Å². The Bertz CT molecular complexity index is 389. The Morgan fingerprint density at radius 2 is 2.19 bits per heavy atom. The van der Waals surface area contributed by atoms with E-state index in [9.17, 15) is 9.59 Å². The van der Waals surface area contributed by atoms with Crippen molar-refractivity contribution in [3.8, 4) is 0 Å². The quantitative estimate of drug-likeness (QED) is 0.614. The zero-order valence-corrected chi connectivity index (χ0v) is 8.85. The van der Waals surface area contributed by atoms with Crippen LogP contribution in [-0.4, -0.2) is 39.8 Å². The third-order valence-corrected chi connectivity index (χ3v) is 1.71. The Hall–Kier alpha value is -1.96. The van der Waals surface area contributed by atoms with E-state index in [-0.39, 0.29) is 12.6 Å². The second-order valence-electron chi connectivity index (χ2n) is 3.12. The first-order valence-corrected chi connectivity index (χ1v) is 4.55. The van der Waals surface area contributed by atoms with Crippen LogP contribution in [0.25, 0.3) is 0 Å². The Morgan fingerprint density at radius 3 is 2.69 bits per heavy atom. The van der Waals surface area contributed by atoms with Gasteiger partial charge in [-0.1, -0.05) is 5.10 Å². The van der Waals surface area contributed by atoms with E-state index in [1.54, 1.807) is 6.92 Å². The first-order valence-electron chi connectivity index (χ1n) is 4.55. The van der Waals surface area contributed by atoms with Crippen LogP contribution < -0.4 is 10.6 Å². The number of rotatable bonds is 5. The minimum Gasteiger partial charge on any atom is -0.480 e. The van der Waals surface area contributed by atoms with Gasteiger partial charge in [-0.3, -0.25) is 20.2 Å². The van der Waals surface area contributed by atoms with Crippen molar-refractivity contribution in [2.75, 3.05) is 11.9 Å². The molecule has 1 amide bonds. The lowest BCUT2D eigenvalue weighted by Gasteiger charge is -2.07. The zero-order chi connectivity index (χ0) is 12.1. The van der Waals surface area contributed by atoms with Crippen molar-refractivity contribution in [1.29, 1.82) is 0 Å². The topological polar surface area (TPSA) is 117 Å². The second kappa shape index (κ2) is 5.21. The molecule has 1 atom stereocenters. The normalized spacial score (nSPS) is 12.1. The number of hydrogen-bond acceptors (Lipinski definition) is 6. The Kier molecular flexibility index (Phi) is 3.95. The fraction of sp³-hybridized carbons (Fsp3) is 0.500. The summed E-state index contributed by atoms with van der Waals surface area (Å²) in [6.45, 7) is 2.88. The average molecular weight is 228 g/mol. The molecule has 3 N–H and O–H groups in total. The van der Waals surface area contributed by atoms with E-state index in [0.717, 1.165) is 0 Å². The van der Waals surface area contributed by atoms with Crippen LogP contribution in [-0.2, 0) is 9.59 Å². The van der Waals surface area contributed by atoms with Gasteiger partial charge in [0.25, 0.3) is 0 Å². The summed E-state index contributed by atoms with van der Waals surface area (Å²) in [5.41, 5.74) is 0. The summed E-state index contributed by atoms with van der Waals surface area (Å²) >= 11 is 0. The smallest absolute Gasteiger partial charge is 0.322 e.